The van der Waals surface area contributed by atoms with Crippen LogP contribution in [0.5, 0.6) is 5.75 Å². The second-order valence-corrected chi connectivity index (χ2v) is 10.4. The maximum Gasteiger partial charge on any atom is 0.238 e. The predicted molar refractivity (Wildman–Crippen MR) is 151 cm³/mol. The van der Waals surface area contributed by atoms with Gasteiger partial charge in [-0.2, -0.15) is 0 Å². The van der Waals surface area contributed by atoms with E-state index in [0.717, 1.165) is 27.6 Å². The van der Waals surface area contributed by atoms with Crippen LogP contribution >= 0.6 is 0 Å². The third-order valence-corrected chi connectivity index (χ3v) is 8.59. The van der Waals surface area contributed by atoms with Gasteiger partial charge in [-0.15, -0.1) is 0 Å². The van der Waals surface area contributed by atoms with Crippen LogP contribution in [0.15, 0.2) is 91.0 Å². The van der Waals surface area contributed by atoms with Crippen molar-refractivity contribution in [2.24, 2.45) is 5.92 Å². The number of carbonyl (C=O) groups excluding carboxylic acids is 3. The molecule has 0 aliphatic carbocycles. The fourth-order valence-electron chi connectivity index (χ4n) is 7.04. The fourth-order valence-corrected chi connectivity index (χ4v) is 7.04. The average molecular weight is 515 g/mol. The van der Waals surface area contributed by atoms with Gasteiger partial charge in [0.1, 0.15) is 11.2 Å². The van der Waals surface area contributed by atoms with Crippen LogP contribution in [0.1, 0.15) is 28.4 Å². The summed E-state index contributed by atoms with van der Waals surface area (Å²) in [6.07, 6.45) is 4.05. The SMILES string of the molecule is COc1cccc(C(=O)C2C(C(C)=O)N3c4ccc5ccccc5c4C=CC3C23C(=O)Nc2ccccc23)c1. The van der Waals surface area contributed by atoms with Gasteiger partial charge >= 0.3 is 0 Å². The Hall–Kier alpha value is -4.71. The third kappa shape index (κ3) is 3.05. The minimum atomic E-state index is -1.30. The lowest BCUT2D eigenvalue weighted by atomic mass is 9.64. The van der Waals surface area contributed by atoms with E-state index >= 15 is 0 Å². The summed E-state index contributed by atoms with van der Waals surface area (Å²) in [5.74, 6) is -1.11. The first-order valence-corrected chi connectivity index (χ1v) is 13.0. The lowest BCUT2D eigenvalue weighted by molar-refractivity contribution is -0.122. The summed E-state index contributed by atoms with van der Waals surface area (Å²) < 4.78 is 5.40. The second kappa shape index (κ2) is 8.40. The molecule has 6 nitrogen and oxygen atoms in total. The van der Waals surface area contributed by atoms with Crippen molar-refractivity contribution in [1.82, 2.24) is 0 Å². The first kappa shape index (κ1) is 23.4. The van der Waals surface area contributed by atoms with Crippen LogP contribution in [0.25, 0.3) is 16.8 Å². The molecule has 1 fully saturated rings. The summed E-state index contributed by atoms with van der Waals surface area (Å²) in [7, 11) is 1.55. The maximum atomic E-state index is 14.6. The van der Waals surface area contributed by atoms with E-state index in [4.69, 9.17) is 4.74 Å². The number of nitrogens with zero attached hydrogens (tertiary/aromatic N) is 1. The number of para-hydroxylation sites is 1. The second-order valence-electron chi connectivity index (χ2n) is 10.4. The summed E-state index contributed by atoms with van der Waals surface area (Å²) in [6.45, 7) is 1.52. The average Bonchev–Trinajstić information content (AvgIpc) is 3.45. The van der Waals surface area contributed by atoms with Crippen LogP contribution in [0.2, 0.25) is 0 Å². The highest BCUT2D eigenvalue weighted by atomic mass is 16.5. The van der Waals surface area contributed by atoms with Gasteiger partial charge in [-0.3, -0.25) is 14.4 Å². The molecule has 1 N–H and O–H groups in total. The van der Waals surface area contributed by atoms with E-state index in [9.17, 15) is 14.4 Å². The number of rotatable bonds is 4. The molecule has 192 valence electrons. The molecule has 0 aromatic heterocycles. The Balaban J connectivity index is 1.53. The number of anilines is 2. The molecule has 4 atom stereocenters. The highest BCUT2D eigenvalue weighted by Crippen LogP contribution is 2.58. The highest BCUT2D eigenvalue weighted by Gasteiger charge is 2.69. The first-order chi connectivity index (χ1) is 19.0. The molecule has 1 saturated heterocycles. The number of fused-ring (bicyclic) bond motifs is 8. The molecule has 6 heteroatoms. The highest BCUT2D eigenvalue weighted by molar-refractivity contribution is 6.17. The van der Waals surface area contributed by atoms with Gasteiger partial charge in [0.2, 0.25) is 5.91 Å². The Kier molecular flexibility index (Phi) is 5.04. The molecule has 4 unspecified atom stereocenters. The zero-order valence-electron chi connectivity index (χ0n) is 21.5. The molecule has 39 heavy (non-hydrogen) atoms. The largest absolute Gasteiger partial charge is 0.497 e. The number of ketones is 2. The molecule has 3 aliphatic heterocycles. The van der Waals surface area contributed by atoms with Crippen molar-refractivity contribution in [3.8, 4) is 5.75 Å². The van der Waals surface area contributed by atoms with Crippen molar-refractivity contribution in [3.63, 3.8) is 0 Å². The number of ether oxygens (including phenoxy) is 1. The molecule has 0 bridgehead atoms. The maximum absolute atomic E-state index is 14.6. The molecule has 1 amide bonds. The molecule has 7 rings (SSSR count). The van der Waals surface area contributed by atoms with Gasteiger partial charge in [0.15, 0.2) is 11.6 Å². The van der Waals surface area contributed by atoms with E-state index < -0.39 is 23.4 Å². The molecule has 4 aromatic rings. The molecule has 1 spiro atoms. The molecular weight excluding hydrogens is 488 g/mol. The van der Waals surface area contributed by atoms with E-state index in [0.29, 0.717) is 17.0 Å². The smallest absolute Gasteiger partial charge is 0.238 e. The number of amides is 1. The number of methoxy groups -OCH3 is 1. The number of benzene rings is 4. The van der Waals surface area contributed by atoms with E-state index in [1.807, 2.05) is 65.6 Å². The minimum Gasteiger partial charge on any atom is -0.497 e. The van der Waals surface area contributed by atoms with E-state index in [1.54, 1.807) is 31.4 Å². The summed E-state index contributed by atoms with van der Waals surface area (Å²) in [4.78, 5) is 44.4. The Bertz CT molecular complexity index is 1740. The molecule has 3 aliphatic rings. The van der Waals surface area contributed by atoms with Crippen molar-refractivity contribution < 1.29 is 19.1 Å². The summed E-state index contributed by atoms with van der Waals surface area (Å²) in [5.41, 5.74) is 2.35. The van der Waals surface area contributed by atoms with Crippen LogP contribution < -0.4 is 15.0 Å². The standard InChI is InChI=1S/C33H26N2O4/c1-19(36)30-29(31(37)21-9-7-10-22(18-21)39-2)33(25-12-5-6-13-26(25)34-32(33)38)28-17-15-24-23-11-4-3-8-20(23)14-16-27(24)35(28)30/h3-18,28-30H,1-2H3,(H,34,38). The first-order valence-electron chi connectivity index (χ1n) is 13.0. The van der Waals surface area contributed by atoms with Crippen molar-refractivity contribution in [1.29, 1.82) is 0 Å². The minimum absolute atomic E-state index is 0.162. The Morgan fingerprint density at radius 2 is 1.74 bits per heavy atom. The monoisotopic (exact) mass is 514 g/mol. The van der Waals surface area contributed by atoms with Crippen LogP contribution in [-0.4, -0.2) is 36.7 Å². The Labute approximate surface area is 225 Å². The number of nitrogens with one attached hydrogen (secondary N) is 1. The predicted octanol–water partition coefficient (Wildman–Crippen LogP) is 5.41. The fraction of sp³-hybridized carbons (Fsp3) is 0.182. The summed E-state index contributed by atoms with van der Waals surface area (Å²) >= 11 is 0. The molecular formula is C33H26N2O4. The van der Waals surface area contributed by atoms with Crippen LogP contribution in [0, 0.1) is 5.92 Å². The van der Waals surface area contributed by atoms with Crippen molar-refractivity contribution in [2.75, 3.05) is 17.3 Å². The van der Waals surface area contributed by atoms with E-state index in [-0.39, 0.29) is 17.5 Å². The van der Waals surface area contributed by atoms with Gasteiger partial charge in [-0.1, -0.05) is 72.8 Å². The van der Waals surface area contributed by atoms with Gasteiger partial charge in [0.05, 0.1) is 25.1 Å². The lowest BCUT2D eigenvalue weighted by Crippen LogP contribution is -2.51. The molecule has 0 saturated carbocycles. The normalized spacial score (nSPS) is 24.3. The molecule has 0 radical (unpaired) electrons. The quantitative estimate of drug-likeness (QED) is 0.369. The molecule has 4 aromatic carbocycles. The van der Waals surface area contributed by atoms with Crippen LogP contribution in [-0.2, 0) is 15.0 Å². The third-order valence-electron chi connectivity index (χ3n) is 8.59. The lowest BCUT2D eigenvalue weighted by Gasteiger charge is -2.38. The topological polar surface area (TPSA) is 75.7 Å². The number of carbonyl (C=O) groups is 3. The van der Waals surface area contributed by atoms with Gasteiger partial charge in [-0.25, -0.2) is 0 Å². The van der Waals surface area contributed by atoms with Crippen LogP contribution in [0.3, 0.4) is 0 Å². The van der Waals surface area contributed by atoms with Crippen LogP contribution in [0.4, 0.5) is 11.4 Å². The Morgan fingerprint density at radius 3 is 2.56 bits per heavy atom. The molecule has 3 heterocycles. The van der Waals surface area contributed by atoms with Crippen molar-refractivity contribution in [2.45, 2.75) is 24.4 Å². The van der Waals surface area contributed by atoms with Crippen molar-refractivity contribution >= 4 is 45.7 Å². The number of hydrogen-bond donors (Lipinski definition) is 1. The summed E-state index contributed by atoms with van der Waals surface area (Å²) in [6, 6.07) is 25.2. The number of Topliss-reactive ketones (excluding diaryl/α,β-unsaturated/α-hetero) is 2. The zero-order valence-corrected chi connectivity index (χ0v) is 21.5. The van der Waals surface area contributed by atoms with Gasteiger partial charge in [0.25, 0.3) is 0 Å². The Morgan fingerprint density at radius 1 is 0.949 bits per heavy atom. The van der Waals surface area contributed by atoms with Gasteiger partial charge < -0.3 is 15.0 Å². The number of hydrogen-bond acceptors (Lipinski definition) is 5. The van der Waals surface area contributed by atoms with Crippen molar-refractivity contribution in [3.05, 3.63) is 108 Å². The van der Waals surface area contributed by atoms with Gasteiger partial charge in [-0.05, 0) is 47.5 Å². The van der Waals surface area contributed by atoms with E-state index in [2.05, 4.69) is 17.4 Å². The zero-order chi connectivity index (χ0) is 26.9. The van der Waals surface area contributed by atoms with E-state index in [1.165, 1.54) is 6.92 Å². The van der Waals surface area contributed by atoms with Gasteiger partial charge in [0, 0.05) is 22.5 Å². The summed E-state index contributed by atoms with van der Waals surface area (Å²) in [5, 5.41) is 5.19.